The van der Waals surface area contributed by atoms with E-state index in [0.717, 1.165) is 16.0 Å². The van der Waals surface area contributed by atoms with Crippen molar-refractivity contribution in [3.63, 3.8) is 0 Å². The second-order valence-corrected chi connectivity index (χ2v) is 4.88. The third-order valence-corrected chi connectivity index (χ3v) is 3.10. The summed E-state index contributed by atoms with van der Waals surface area (Å²) in [5.74, 6) is 0.645. The van der Waals surface area contributed by atoms with Crippen molar-refractivity contribution in [1.29, 1.82) is 0 Å². The molecule has 3 nitrogen and oxygen atoms in total. The Balaban J connectivity index is 2.41. The zero-order chi connectivity index (χ0) is 8.97. The van der Waals surface area contributed by atoms with E-state index in [2.05, 4.69) is 29.4 Å². The topological polar surface area (TPSA) is 37.8 Å². The van der Waals surface area contributed by atoms with Gasteiger partial charge in [-0.25, -0.2) is 0 Å². The van der Waals surface area contributed by atoms with Crippen LogP contribution in [-0.4, -0.2) is 23.0 Å². The highest BCUT2D eigenvalue weighted by molar-refractivity contribution is 8.00. The van der Waals surface area contributed by atoms with E-state index in [9.17, 15) is 0 Å². The lowest BCUT2D eigenvalue weighted by atomic mass is 10.2. The molecule has 1 heterocycles. The third-order valence-electron chi connectivity index (χ3n) is 1.24. The highest BCUT2D eigenvalue weighted by atomic mass is 32.2. The molecule has 0 unspecified atom stereocenters. The Kier molecular flexibility index (Phi) is 3.81. The molecule has 1 aromatic rings. The fourth-order valence-corrected chi connectivity index (χ4v) is 1.83. The zero-order valence-corrected chi connectivity index (χ0v) is 9.13. The van der Waals surface area contributed by atoms with Crippen molar-refractivity contribution >= 4 is 28.2 Å². The monoisotopic (exact) mass is 203 g/mol. The van der Waals surface area contributed by atoms with Gasteiger partial charge in [0.2, 0.25) is 5.13 Å². The van der Waals surface area contributed by atoms with Gasteiger partial charge in [0.15, 0.2) is 4.34 Å². The number of thioether (sulfide) groups is 1. The van der Waals surface area contributed by atoms with Crippen molar-refractivity contribution in [2.45, 2.75) is 18.2 Å². The average Bonchev–Trinajstić information content (AvgIpc) is 2.48. The first-order valence-electron chi connectivity index (χ1n) is 3.83. The molecular formula is C7H13N3S2. The third kappa shape index (κ3) is 2.98. The fraction of sp³-hybridized carbons (Fsp3) is 0.714. The molecule has 0 aromatic carbocycles. The quantitative estimate of drug-likeness (QED) is 0.762. The number of anilines is 1. The number of rotatable bonds is 4. The fourth-order valence-electron chi connectivity index (χ4n) is 0.655. The molecule has 5 heteroatoms. The molecule has 0 spiro atoms. The summed E-state index contributed by atoms with van der Waals surface area (Å²) >= 11 is 3.23. The van der Waals surface area contributed by atoms with E-state index in [-0.39, 0.29) is 0 Å². The highest BCUT2D eigenvalue weighted by Gasteiger charge is 2.01. The van der Waals surface area contributed by atoms with Crippen LogP contribution >= 0.6 is 23.1 Å². The van der Waals surface area contributed by atoms with Crippen LogP contribution in [0.2, 0.25) is 0 Å². The van der Waals surface area contributed by atoms with Crippen LogP contribution in [0.25, 0.3) is 0 Å². The second kappa shape index (κ2) is 4.67. The molecule has 0 bridgehead atoms. The van der Waals surface area contributed by atoms with Gasteiger partial charge < -0.3 is 5.32 Å². The molecule has 0 radical (unpaired) electrons. The number of hydrogen-bond acceptors (Lipinski definition) is 5. The molecular weight excluding hydrogens is 190 g/mol. The number of hydrogen-bond donors (Lipinski definition) is 1. The maximum absolute atomic E-state index is 4.00. The first kappa shape index (κ1) is 9.80. The minimum atomic E-state index is 0.645. The zero-order valence-electron chi connectivity index (χ0n) is 7.50. The minimum absolute atomic E-state index is 0.645. The van der Waals surface area contributed by atoms with Crippen LogP contribution in [0, 0.1) is 5.92 Å². The summed E-state index contributed by atoms with van der Waals surface area (Å²) in [5, 5.41) is 12.1. The van der Waals surface area contributed by atoms with E-state index < -0.39 is 0 Å². The largest absolute Gasteiger partial charge is 0.360 e. The lowest BCUT2D eigenvalue weighted by Crippen LogP contribution is -2.07. The summed E-state index contributed by atoms with van der Waals surface area (Å²) in [5.41, 5.74) is 0. The van der Waals surface area contributed by atoms with Crippen LogP contribution < -0.4 is 5.32 Å². The van der Waals surface area contributed by atoms with Gasteiger partial charge in [0.05, 0.1) is 0 Å². The predicted molar refractivity (Wildman–Crippen MR) is 55.0 cm³/mol. The Morgan fingerprint density at radius 1 is 1.50 bits per heavy atom. The Hall–Kier alpha value is -0.290. The molecule has 0 amide bonds. The second-order valence-electron chi connectivity index (χ2n) is 2.85. The van der Waals surface area contributed by atoms with E-state index in [1.54, 1.807) is 23.1 Å². The van der Waals surface area contributed by atoms with Gasteiger partial charge in [-0.2, -0.15) is 0 Å². The van der Waals surface area contributed by atoms with Crippen LogP contribution in [0.15, 0.2) is 4.34 Å². The molecule has 0 atom stereocenters. The normalized spacial score (nSPS) is 10.7. The van der Waals surface area contributed by atoms with Gasteiger partial charge in [0.1, 0.15) is 0 Å². The summed E-state index contributed by atoms with van der Waals surface area (Å²) in [7, 11) is 0. The molecule has 1 N–H and O–H groups in total. The lowest BCUT2D eigenvalue weighted by Gasteiger charge is -2.03. The molecule has 0 aliphatic heterocycles. The van der Waals surface area contributed by atoms with Crippen LogP contribution in [0.5, 0.6) is 0 Å². The van der Waals surface area contributed by atoms with Gasteiger partial charge in [0, 0.05) is 6.54 Å². The van der Waals surface area contributed by atoms with Crippen molar-refractivity contribution < 1.29 is 0 Å². The van der Waals surface area contributed by atoms with Gasteiger partial charge in [-0.05, 0) is 12.2 Å². The molecule has 0 fully saturated rings. The number of aromatic nitrogens is 2. The van der Waals surface area contributed by atoms with Gasteiger partial charge in [-0.1, -0.05) is 36.9 Å². The molecule has 1 aromatic heterocycles. The molecule has 12 heavy (non-hydrogen) atoms. The molecule has 1 rings (SSSR count). The first-order chi connectivity index (χ1) is 5.72. The summed E-state index contributed by atoms with van der Waals surface area (Å²) in [6, 6.07) is 0. The van der Waals surface area contributed by atoms with E-state index in [1.165, 1.54) is 0 Å². The maximum Gasteiger partial charge on any atom is 0.206 e. The maximum atomic E-state index is 4.00. The Morgan fingerprint density at radius 2 is 2.25 bits per heavy atom. The summed E-state index contributed by atoms with van der Waals surface area (Å²) in [6.45, 7) is 5.30. The van der Waals surface area contributed by atoms with E-state index in [1.807, 2.05) is 6.26 Å². The van der Waals surface area contributed by atoms with Crippen molar-refractivity contribution in [1.82, 2.24) is 10.2 Å². The predicted octanol–water partition coefficient (Wildman–Crippen LogP) is 2.33. The standard InChI is InChI=1S/C7H13N3S2/c1-5(2)4-8-6-9-10-7(11-3)12-6/h5H,4H2,1-3H3,(H,8,9). The van der Waals surface area contributed by atoms with Crippen LogP contribution in [-0.2, 0) is 0 Å². The number of nitrogens with one attached hydrogen (secondary N) is 1. The Morgan fingerprint density at radius 3 is 2.75 bits per heavy atom. The molecule has 0 aliphatic rings. The minimum Gasteiger partial charge on any atom is -0.360 e. The van der Waals surface area contributed by atoms with Gasteiger partial charge in [-0.15, -0.1) is 10.2 Å². The van der Waals surface area contributed by atoms with E-state index >= 15 is 0 Å². The van der Waals surface area contributed by atoms with Gasteiger partial charge in [-0.3, -0.25) is 0 Å². The molecule has 0 aliphatic carbocycles. The van der Waals surface area contributed by atoms with Crippen molar-refractivity contribution in [2.24, 2.45) is 5.92 Å². The van der Waals surface area contributed by atoms with E-state index in [4.69, 9.17) is 0 Å². The highest BCUT2D eigenvalue weighted by Crippen LogP contribution is 2.22. The molecule has 0 saturated heterocycles. The summed E-state index contributed by atoms with van der Waals surface area (Å²) < 4.78 is 1.02. The molecule has 0 saturated carbocycles. The Bertz CT molecular complexity index is 234. The van der Waals surface area contributed by atoms with Crippen LogP contribution in [0.3, 0.4) is 0 Å². The van der Waals surface area contributed by atoms with Crippen molar-refractivity contribution in [3.05, 3.63) is 0 Å². The van der Waals surface area contributed by atoms with Crippen molar-refractivity contribution in [2.75, 3.05) is 18.1 Å². The van der Waals surface area contributed by atoms with Crippen molar-refractivity contribution in [3.8, 4) is 0 Å². The summed E-state index contributed by atoms with van der Waals surface area (Å²) in [4.78, 5) is 0. The number of nitrogens with zero attached hydrogens (tertiary/aromatic N) is 2. The lowest BCUT2D eigenvalue weighted by molar-refractivity contribution is 0.687. The SMILES string of the molecule is CSc1nnc(NCC(C)C)s1. The smallest absolute Gasteiger partial charge is 0.206 e. The molecule has 68 valence electrons. The first-order valence-corrected chi connectivity index (χ1v) is 5.88. The van der Waals surface area contributed by atoms with Gasteiger partial charge in [0.25, 0.3) is 0 Å². The van der Waals surface area contributed by atoms with E-state index in [0.29, 0.717) is 5.92 Å². The Labute approximate surface area is 81.0 Å². The van der Waals surface area contributed by atoms with Gasteiger partial charge >= 0.3 is 0 Å². The van der Waals surface area contributed by atoms with Crippen LogP contribution in [0.4, 0.5) is 5.13 Å². The summed E-state index contributed by atoms with van der Waals surface area (Å²) in [6.07, 6.45) is 2.01. The average molecular weight is 203 g/mol. The van der Waals surface area contributed by atoms with Crippen LogP contribution in [0.1, 0.15) is 13.8 Å².